The van der Waals surface area contributed by atoms with Crippen LogP contribution in [0.2, 0.25) is 0 Å². The average molecular weight is 801 g/mol. The molecule has 0 saturated carbocycles. The predicted octanol–water partition coefficient (Wildman–Crippen LogP) is 9.09. The zero-order chi connectivity index (χ0) is 32.6. The van der Waals surface area contributed by atoms with Gasteiger partial charge in [0.25, 0.3) is 0 Å². The van der Waals surface area contributed by atoms with Crippen molar-refractivity contribution in [1.29, 1.82) is 0 Å². The molecule has 0 unspecified atom stereocenters. The molecule has 5 nitrogen and oxygen atoms in total. The summed E-state index contributed by atoms with van der Waals surface area (Å²) in [6.07, 6.45) is 3.68. The van der Waals surface area contributed by atoms with Gasteiger partial charge in [-0.2, -0.15) is 24.3 Å². The molecule has 0 aliphatic heterocycles. The molecule has 0 fully saturated rings. The first-order valence-corrected chi connectivity index (χ1v) is 16.0. The SMILES string of the molecule is CC(C)(C)c1cc(-n2[c-][n+](C(C)(C)c3ccc4c5ccccc5n(-c5[c-]cccc5)c4n3)c3ccccc32)c(O)c(C(C)(C)C)c1.[Pt+2]. The van der Waals surface area contributed by atoms with Crippen molar-refractivity contribution in [1.82, 2.24) is 14.1 Å². The van der Waals surface area contributed by atoms with Gasteiger partial charge >= 0.3 is 21.1 Å². The fourth-order valence-electron chi connectivity index (χ4n) is 6.52. The molecule has 0 aliphatic carbocycles. The Balaban J connectivity index is 0.00000386. The zero-order valence-electron chi connectivity index (χ0n) is 28.3. The van der Waals surface area contributed by atoms with E-state index in [2.05, 4.69) is 150 Å². The molecule has 1 N–H and O–H groups in total. The first kappa shape index (κ1) is 32.7. The molecule has 3 aromatic heterocycles. The predicted molar refractivity (Wildman–Crippen MR) is 187 cm³/mol. The van der Waals surface area contributed by atoms with E-state index in [0.29, 0.717) is 0 Å². The average Bonchev–Trinajstić information content (AvgIpc) is 3.57. The number of aromatic hydroxyl groups is 1. The summed E-state index contributed by atoms with van der Waals surface area (Å²) in [6, 6.07) is 36.8. The molecular formula is C41H41N4OPt+. The largest absolute Gasteiger partial charge is 2.00 e. The van der Waals surface area contributed by atoms with Gasteiger partial charge in [0.2, 0.25) is 6.33 Å². The Morgan fingerprint density at radius 3 is 2.09 bits per heavy atom. The van der Waals surface area contributed by atoms with E-state index in [1.807, 2.05) is 28.8 Å². The normalized spacial score (nSPS) is 12.6. The van der Waals surface area contributed by atoms with E-state index < -0.39 is 5.54 Å². The number of benzene rings is 4. The van der Waals surface area contributed by atoms with E-state index in [1.54, 1.807) is 0 Å². The van der Waals surface area contributed by atoms with Gasteiger partial charge in [0.15, 0.2) is 0 Å². The molecular weight excluding hydrogens is 760 g/mol. The number of phenolic OH excluding ortho intramolecular Hbond substituents is 1. The summed E-state index contributed by atoms with van der Waals surface area (Å²) in [7, 11) is 0. The van der Waals surface area contributed by atoms with Gasteiger partial charge in [-0.15, -0.1) is 6.07 Å². The van der Waals surface area contributed by atoms with E-state index in [9.17, 15) is 5.11 Å². The Kier molecular flexibility index (Phi) is 8.00. The monoisotopic (exact) mass is 800 g/mol. The fraction of sp³-hybridized carbons (Fsp3) is 0.268. The van der Waals surface area contributed by atoms with Gasteiger partial charge < -0.3 is 18.8 Å². The van der Waals surface area contributed by atoms with Crippen molar-refractivity contribution < 1.29 is 30.7 Å². The van der Waals surface area contributed by atoms with Crippen LogP contribution in [0.1, 0.15) is 72.2 Å². The van der Waals surface area contributed by atoms with Gasteiger partial charge in [0.05, 0.1) is 27.9 Å². The van der Waals surface area contributed by atoms with Crippen LogP contribution in [0.25, 0.3) is 44.3 Å². The van der Waals surface area contributed by atoms with Gasteiger partial charge in [-0.1, -0.05) is 102 Å². The number of rotatable bonds is 4. The Morgan fingerprint density at radius 2 is 1.40 bits per heavy atom. The number of hydrogen-bond donors (Lipinski definition) is 1. The fourth-order valence-corrected chi connectivity index (χ4v) is 6.52. The minimum Gasteiger partial charge on any atom is -0.513 e. The van der Waals surface area contributed by atoms with Crippen LogP contribution in [0, 0.1) is 12.4 Å². The summed E-state index contributed by atoms with van der Waals surface area (Å²) in [5.41, 5.74) is 7.70. The molecule has 6 heteroatoms. The van der Waals surface area contributed by atoms with Gasteiger partial charge in [-0.25, -0.2) is 4.98 Å². The molecule has 0 saturated heterocycles. The molecule has 4 aromatic carbocycles. The molecule has 0 atom stereocenters. The summed E-state index contributed by atoms with van der Waals surface area (Å²) in [5, 5.41) is 14.1. The van der Waals surface area contributed by atoms with Crippen molar-refractivity contribution in [3.05, 3.63) is 126 Å². The van der Waals surface area contributed by atoms with Gasteiger partial charge in [0, 0.05) is 10.8 Å². The summed E-state index contributed by atoms with van der Waals surface area (Å²) >= 11 is 0. The van der Waals surface area contributed by atoms with Crippen molar-refractivity contribution in [2.45, 2.75) is 71.8 Å². The Hall–Kier alpha value is -4.21. The number of nitrogens with zero attached hydrogens (tertiary/aromatic N) is 4. The number of fused-ring (bicyclic) bond motifs is 4. The van der Waals surface area contributed by atoms with Gasteiger partial charge in [-0.05, 0) is 54.0 Å². The Bertz CT molecular complexity index is 2260. The topological polar surface area (TPSA) is 46.9 Å². The quantitative estimate of drug-likeness (QED) is 0.143. The summed E-state index contributed by atoms with van der Waals surface area (Å²) in [4.78, 5) is 5.38. The minimum absolute atomic E-state index is 0. The molecule has 240 valence electrons. The van der Waals surface area contributed by atoms with E-state index in [0.717, 1.165) is 55.6 Å². The second-order valence-electron chi connectivity index (χ2n) is 14.9. The smallest absolute Gasteiger partial charge is 0.513 e. The zero-order valence-corrected chi connectivity index (χ0v) is 30.6. The van der Waals surface area contributed by atoms with Gasteiger partial charge in [0.1, 0.15) is 16.9 Å². The van der Waals surface area contributed by atoms with Crippen LogP contribution >= 0.6 is 0 Å². The first-order valence-electron chi connectivity index (χ1n) is 16.0. The molecule has 7 aromatic rings. The second-order valence-corrected chi connectivity index (χ2v) is 14.9. The van der Waals surface area contributed by atoms with E-state index in [1.165, 1.54) is 5.56 Å². The van der Waals surface area contributed by atoms with Crippen LogP contribution in [-0.2, 0) is 37.4 Å². The molecule has 3 heterocycles. The number of phenols is 1. The van der Waals surface area contributed by atoms with Crippen LogP contribution in [0.5, 0.6) is 5.75 Å². The maximum atomic E-state index is 11.8. The summed E-state index contributed by atoms with van der Waals surface area (Å²) < 4.78 is 6.38. The third-order valence-corrected chi connectivity index (χ3v) is 9.21. The minimum atomic E-state index is -0.592. The van der Waals surface area contributed by atoms with Crippen molar-refractivity contribution in [3.8, 4) is 17.1 Å². The Labute approximate surface area is 291 Å². The molecule has 0 radical (unpaired) electrons. The van der Waals surface area contributed by atoms with E-state index in [-0.39, 0.29) is 37.6 Å². The number of imidazole rings is 1. The van der Waals surface area contributed by atoms with Crippen LogP contribution in [0.4, 0.5) is 0 Å². The summed E-state index contributed by atoms with van der Waals surface area (Å²) in [6.45, 7) is 17.4. The standard InChI is InChI=1S/C41H41N4O.Pt/c1-39(2,3)27-24-31(40(4,5)6)37(46)35(25-27)43-26-44(34-21-15-14-20-33(34)43)41(7,8)36-23-22-30-29-18-12-13-19-32(29)45(38(30)42-36)28-16-10-9-11-17-28;/h9-16,18-25,46H,1-8H3;/q-1;+2. The van der Waals surface area contributed by atoms with Crippen LogP contribution < -0.4 is 4.57 Å². The number of hydrogen-bond acceptors (Lipinski definition) is 2. The van der Waals surface area contributed by atoms with Gasteiger partial charge in [-0.3, -0.25) is 0 Å². The molecule has 0 bridgehead atoms. The molecule has 47 heavy (non-hydrogen) atoms. The Morgan fingerprint density at radius 1 is 0.723 bits per heavy atom. The van der Waals surface area contributed by atoms with Crippen LogP contribution in [-0.4, -0.2) is 19.2 Å². The first-order chi connectivity index (χ1) is 21.8. The third kappa shape index (κ3) is 5.39. The molecule has 0 amide bonds. The molecule has 0 spiro atoms. The van der Waals surface area contributed by atoms with Crippen LogP contribution in [0.3, 0.4) is 0 Å². The summed E-state index contributed by atoms with van der Waals surface area (Å²) in [5.74, 6) is 0.283. The number of aromatic nitrogens is 4. The van der Waals surface area contributed by atoms with Crippen molar-refractivity contribution in [2.24, 2.45) is 0 Å². The maximum absolute atomic E-state index is 11.8. The third-order valence-electron chi connectivity index (χ3n) is 9.21. The second kappa shape index (κ2) is 11.5. The van der Waals surface area contributed by atoms with E-state index >= 15 is 0 Å². The number of pyridine rings is 1. The maximum Gasteiger partial charge on any atom is 2.00 e. The molecule has 0 aliphatic rings. The molecule has 7 rings (SSSR count). The van der Waals surface area contributed by atoms with Crippen molar-refractivity contribution >= 4 is 33.0 Å². The van der Waals surface area contributed by atoms with E-state index in [4.69, 9.17) is 4.98 Å². The van der Waals surface area contributed by atoms with Crippen molar-refractivity contribution in [3.63, 3.8) is 0 Å². The van der Waals surface area contributed by atoms with Crippen LogP contribution in [0.15, 0.2) is 97.1 Å². The number of para-hydroxylation sites is 4. The van der Waals surface area contributed by atoms with Crippen molar-refractivity contribution in [2.75, 3.05) is 0 Å².